The maximum atomic E-state index is 13.2. The van der Waals surface area contributed by atoms with Gasteiger partial charge < -0.3 is 4.90 Å². The van der Waals surface area contributed by atoms with Crippen molar-refractivity contribution in [2.24, 2.45) is 0 Å². The Balaban J connectivity index is 1.19. The van der Waals surface area contributed by atoms with Gasteiger partial charge in [-0.15, -0.1) is 11.3 Å². The lowest BCUT2D eigenvalue weighted by Crippen LogP contribution is -2.48. The standard InChI is InChI=1S/C25H24FN5OS/c1-18-22(15-27-31(18)21-5-3-2-4-6-21)25(32)30-13-11-29(12-14-30)16-24-28-23(17-33-24)19-7-9-20(26)10-8-19/h2-10,15,17H,11-14,16H2,1H3. The van der Waals surface area contributed by atoms with Gasteiger partial charge in [0.25, 0.3) is 5.91 Å². The third kappa shape index (κ3) is 4.58. The van der Waals surface area contributed by atoms with E-state index in [4.69, 9.17) is 4.98 Å². The molecular formula is C25H24FN5OS. The van der Waals surface area contributed by atoms with E-state index in [1.807, 2.05) is 52.2 Å². The number of amides is 1. The van der Waals surface area contributed by atoms with E-state index in [-0.39, 0.29) is 11.7 Å². The summed E-state index contributed by atoms with van der Waals surface area (Å²) in [5, 5.41) is 7.47. The van der Waals surface area contributed by atoms with Gasteiger partial charge in [0, 0.05) is 37.1 Å². The van der Waals surface area contributed by atoms with Crippen LogP contribution in [-0.4, -0.2) is 56.7 Å². The van der Waals surface area contributed by atoms with Gasteiger partial charge in [-0.05, 0) is 43.3 Å². The lowest BCUT2D eigenvalue weighted by molar-refractivity contribution is 0.0627. The lowest BCUT2D eigenvalue weighted by atomic mass is 10.2. The summed E-state index contributed by atoms with van der Waals surface area (Å²) in [5.41, 5.74) is 4.23. The molecule has 2 aromatic heterocycles. The number of hydrogen-bond acceptors (Lipinski definition) is 5. The van der Waals surface area contributed by atoms with Crippen LogP contribution in [0.5, 0.6) is 0 Å². The third-order valence-corrected chi connectivity index (χ3v) is 6.78. The molecule has 1 aliphatic rings. The smallest absolute Gasteiger partial charge is 0.257 e. The van der Waals surface area contributed by atoms with Crippen molar-refractivity contribution < 1.29 is 9.18 Å². The van der Waals surface area contributed by atoms with Crippen LogP contribution in [0.25, 0.3) is 16.9 Å². The predicted molar refractivity (Wildman–Crippen MR) is 127 cm³/mol. The Labute approximate surface area is 195 Å². The molecule has 0 aliphatic carbocycles. The predicted octanol–water partition coefficient (Wildman–Crippen LogP) is 4.40. The van der Waals surface area contributed by atoms with Crippen molar-refractivity contribution in [1.82, 2.24) is 24.6 Å². The van der Waals surface area contributed by atoms with Crippen LogP contribution in [0, 0.1) is 12.7 Å². The Morgan fingerprint density at radius 3 is 2.48 bits per heavy atom. The fourth-order valence-electron chi connectivity index (χ4n) is 4.06. The molecule has 0 bridgehead atoms. The van der Waals surface area contributed by atoms with Crippen LogP contribution in [0.2, 0.25) is 0 Å². The molecule has 4 aromatic rings. The van der Waals surface area contributed by atoms with Gasteiger partial charge in [0.2, 0.25) is 0 Å². The summed E-state index contributed by atoms with van der Waals surface area (Å²) in [6.45, 7) is 5.62. The first kappa shape index (κ1) is 21.5. The summed E-state index contributed by atoms with van der Waals surface area (Å²) in [7, 11) is 0. The van der Waals surface area contributed by atoms with Crippen molar-refractivity contribution >= 4 is 17.2 Å². The largest absolute Gasteiger partial charge is 0.336 e. The minimum atomic E-state index is -0.246. The normalized spacial score (nSPS) is 14.5. The summed E-state index contributed by atoms with van der Waals surface area (Å²) in [6, 6.07) is 16.3. The number of carbonyl (C=O) groups is 1. The van der Waals surface area contributed by atoms with Gasteiger partial charge in [0.15, 0.2) is 0 Å². The van der Waals surface area contributed by atoms with Crippen LogP contribution in [-0.2, 0) is 6.54 Å². The van der Waals surface area contributed by atoms with Gasteiger partial charge in [0.05, 0.1) is 35.4 Å². The van der Waals surface area contributed by atoms with Crippen molar-refractivity contribution in [3.8, 4) is 16.9 Å². The molecule has 0 unspecified atom stereocenters. The molecule has 1 saturated heterocycles. The van der Waals surface area contributed by atoms with E-state index < -0.39 is 0 Å². The highest BCUT2D eigenvalue weighted by Crippen LogP contribution is 2.24. The second-order valence-electron chi connectivity index (χ2n) is 8.09. The number of piperazine rings is 1. The minimum absolute atomic E-state index is 0.0298. The molecule has 8 heteroatoms. The average molecular weight is 462 g/mol. The number of benzene rings is 2. The SMILES string of the molecule is Cc1c(C(=O)N2CCN(Cc3nc(-c4ccc(F)cc4)cs3)CC2)cnn1-c1ccccc1. The summed E-state index contributed by atoms with van der Waals surface area (Å²) < 4.78 is 15.0. The van der Waals surface area contributed by atoms with Crippen LogP contribution < -0.4 is 0 Å². The highest BCUT2D eigenvalue weighted by Gasteiger charge is 2.25. The van der Waals surface area contributed by atoms with Gasteiger partial charge in [-0.2, -0.15) is 5.10 Å². The second kappa shape index (κ2) is 9.25. The monoisotopic (exact) mass is 461 g/mol. The molecule has 33 heavy (non-hydrogen) atoms. The molecule has 1 amide bonds. The molecule has 2 aromatic carbocycles. The van der Waals surface area contributed by atoms with E-state index in [9.17, 15) is 9.18 Å². The Morgan fingerprint density at radius 2 is 1.76 bits per heavy atom. The minimum Gasteiger partial charge on any atom is -0.336 e. The second-order valence-corrected chi connectivity index (χ2v) is 9.04. The zero-order valence-corrected chi connectivity index (χ0v) is 19.1. The first-order valence-corrected chi connectivity index (χ1v) is 11.8. The van der Waals surface area contributed by atoms with E-state index in [2.05, 4.69) is 10.00 Å². The Hall–Kier alpha value is -3.36. The van der Waals surface area contributed by atoms with Crippen LogP contribution in [0.1, 0.15) is 21.1 Å². The molecule has 0 radical (unpaired) electrons. The van der Waals surface area contributed by atoms with E-state index in [0.29, 0.717) is 18.7 Å². The topological polar surface area (TPSA) is 54.3 Å². The number of nitrogens with zero attached hydrogens (tertiary/aromatic N) is 5. The molecule has 3 heterocycles. The van der Waals surface area contributed by atoms with Crippen molar-refractivity contribution in [1.29, 1.82) is 0 Å². The number of rotatable bonds is 5. The molecule has 5 rings (SSSR count). The van der Waals surface area contributed by atoms with Crippen molar-refractivity contribution in [3.63, 3.8) is 0 Å². The van der Waals surface area contributed by atoms with E-state index >= 15 is 0 Å². The number of para-hydroxylation sites is 1. The average Bonchev–Trinajstić information content (AvgIpc) is 3.47. The molecule has 1 fully saturated rings. The number of thiazole rings is 1. The van der Waals surface area contributed by atoms with Crippen LogP contribution in [0.3, 0.4) is 0 Å². The summed E-state index contributed by atoms with van der Waals surface area (Å²) in [6.07, 6.45) is 1.67. The van der Waals surface area contributed by atoms with Gasteiger partial charge in [0.1, 0.15) is 10.8 Å². The van der Waals surface area contributed by atoms with Crippen LogP contribution in [0.15, 0.2) is 66.2 Å². The molecule has 0 spiro atoms. The lowest BCUT2D eigenvalue weighted by Gasteiger charge is -2.34. The molecule has 6 nitrogen and oxygen atoms in total. The fourth-order valence-corrected chi connectivity index (χ4v) is 4.90. The quantitative estimate of drug-likeness (QED) is 0.442. The fraction of sp³-hybridized carbons (Fsp3) is 0.240. The van der Waals surface area contributed by atoms with E-state index in [1.54, 1.807) is 29.7 Å². The number of hydrogen-bond donors (Lipinski definition) is 0. The van der Waals surface area contributed by atoms with Crippen molar-refractivity contribution in [3.05, 3.63) is 88.3 Å². The maximum Gasteiger partial charge on any atom is 0.257 e. The maximum absolute atomic E-state index is 13.2. The van der Waals surface area contributed by atoms with Crippen LogP contribution in [0.4, 0.5) is 4.39 Å². The van der Waals surface area contributed by atoms with Crippen LogP contribution >= 0.6 is 11.3 Å². The molecule has 168 valence electrons. The highest BCUT2D eigenvalue weighted by molar-refractivity contribution is 7.09. The first-order valence-electron chi connectivity index (χ1n) is 10.9. The Kier molecular flexibility index (Phi) is 6.02. The van der Waals surface area contributed by atoms with Crippen molar-refractivity contribution in [2.75, 3.05) is 26.2 Å². The summed E-state index contributed by atoms with van der Waals surface area (Å²) in [4.78, 5) is 22.1. The Morgan fingerprint density at radius 1 is 1.03 bits per heavy atom. The van der Waals surface area contributed by atoms with Gasteiger partial charge in [-0.3, -0.25) is 9.69 Å². The molecule has 0 atom stereocenters. The molecule has 1 aliphatic heterocycles. The number of carbonyl (C=O) groups excluding carboxylic acids is 1. The molecule has 0 saturated carbocycles. The zero-order valence-electron chi connectivity index (χ0n) is 18.3. The van der Waals surface area contributed by atoms with Gasteiger partial charge in [-0.1, -0.05) is 18.2 Å². The van der Waals surface area contributed by atoms with Gasteiger partial charge >= 0.3 is 0 Å². The van der Waals surface area contributed by atoms with Crippen molar-refractivity contribution in [2.45, 2.75) is 13.5 Å². The Bertz CT molecular complexity index is 1240. The van der Waals surface area contributed by atoms with Gasteiger partial charge in [-0.25, -0.2) is 14.1 Å². The molecule has 0 N–H and O–H groups in total. The van der Waals surface area contributed by atoms with E-state index in [0.717, 1.165) is 47.3 Å². The highest BCUT2D eigenvalue weighted by atomic mass is 32.1. The summed E-state index contributed by atoms with van der Waals surface area (Å²) in [5.74, 6) is -0.216. The first-order chi connectivity index (χ1) is 16.1. The number of halogens is 1. The molecular weight excluding hydrogens is 437 g/mol. The summed E-state index contributed by atoms with van der Waals surface area (Å²) >= 11 is 1.61. The van der Waals surface area contributed by atoms with E-state index in [1.165, 1.54) is 12.1 Å². The third-order valence-electron chi connectivity index (χ3n) is 5.95. The zero-order chi connectivity index (χ0) is 22.8. The number of aromatic nitrogens is 3.